The molecule has 3 aromatic rings. The fraction of sp³-hybridized carbons (Fsp3) is 0.238. The summed E-state index contributed by atoms with van der Waals surface area (Å²) in [5.74, 6) is -1.94. The summed E-state index contributed by atoms with van der Waals surface area (Å²) in [5, 5.41) is 14.1. The number of rotatable bonds is 4. The highest BCUT2D eigenvalue weighted by Crippen LogP contribution is 2.43. The molecule has 1 aliphatic heterocycles. The normalized spacial score (nSPS) is 18.1. The second-order valence-corrected chi connectivity index (χ2v) is 6.76. The van der Waals surface area contributed by atoms with Crippen LogP contribution in [0.1, 0.15) is 56.6 Å². The Kier molecular flexibility index (Phi) is 4.84. The molecule has 0 fully saturated rings. The van der Waals surface area contributed by atoms with Crippen LogP contribution < -0.4 is 5.32 Å². The number of benzene rings is 2. The number of fused-ring (bicyclic) bond motifs is 1. The maximum Gasteiger partial charge on any atom is 0.338 e. The Hall–Kier alpha value is -3.55. The molecule has 2 N–H and O–H groups in total. The van der Waals surface area contributed by atoms with E-state index in [1.54, 1.807) is 44.2 Å². The van der Waals surface area contributed by atoms with Crippen LogP contribution in [0.4, 0.5) is 10.1 Å². The van der Waals surface area contributed by atoms with E-state index in [0.29, 0.717) is 17.1 Å². The van der Waals surface area contributed by atoms with Crippen LogP contribution in [0, 0.1) is 12.7 Å². The van der Waals surface area contributed by atoms with E-state index in [2.05, 4.69) is 20.7 Å². The predicted molar refractivity (Wildman–Crippen MR) is 103 cm³/mol. The molecule has 148 valence electrons. The summed E-state index contributed by atoms with van der Waals surface area (Å²) in [7, 11) is 0. The predicted octanol–water partition coefficient (Wildman–Crippen LogP) is 3.56. The number of halogens is 1. The quantitative estimate of drug-likeness (QED) is 0.657. The Morgan fingerprint density at radius 3 is 2.59 bits per heavy atom. The van der Waals surface area contributed by atoms with Gasteiger partial charge in [0.25, 0.3) is 0 Å². The van der Waals surface area contributed by atoms with Crippen molar-refractivity contribution >= 4 is 17.4 Å². The largest absolute Gasteiger partial charge is 0.462 e. The van der Waals surface area contributed by atoms with Crippen LogP contribution in [-0.4, -0.2) is 33.8 Å². The first kappa shape index (κ1) is 18.8. The molecule has 0 bridgehead atoms. The number of carbonyl (C=O) groups is 2. The highest BCUT2D eigenvalue weighted by molar-refractivity contribution is 6.14. The average Bonchev–Trinajstić information content (AvgIpc) is 3.13. The van der Waals surface area contributed by atoms with Gasteiger partial charge in [-0.05, 0) is 43.7 Å². The first-order valence-electron chi connectivity index (χ1n) is 9.24. The van der Waals surface area contributed by atoms with Crippen LogP contribution in [0.25, 0.3) is 0 Å². The number of aryl methyl sites for hydroxylation is 1. The molecule has 0 spiro atoms. The van der Waals surface area contributed by atoms with Crippen molar-refractivity contribution in [1.82, 2.24) is 15.4 Å². The molecule has 2 aromatic carbocycles. The zero-order valence-corrected chi connectivity index (χ0v) is 15.9. The van der Waals surface area contributed by atoms with Crippen LogP contribution in [-0.2, 0) is 4.74 Å². The van der Waals surface area contributed by atoms with Crippen molar-refractivity contribution in [2.75, 3.05) is 11.9 Å². The van der Waals surface area contributed by atoms with E-state index in [-0.39, 0.29) is 29.3 Å². The van der Waals surface area contributed by atoms with Crippen molar-refractivity contribution in [1.29, 1.82) is 0 Å². The third kappa shape index (κ3) is 3.26. The minimum absolute atomic E-state index is 0.200. The number of nitrogens with one attached hydrogen (secondary N) is 2. The molecule has 0 saturated carbocycles. The Labute approximate surface area is 166 Å². The topological polar surface area (TPSA) is 97.0 Å². The SMILES string of the molecule is CCOC(=O)c1cccc2c1C(=O)C(c1n[nH]nc1C)C(c1ccc(F)cc1)N2. The Balaban J connectivity index is 1.88. The number of aromatic amines is 1. The van der Waals surface area contributed by atoms with Crippen molar-refractivity contribution in [2.24, 2.45) is 0 Å². The monoisotopic (exact) mass is 394 g/mol. The molecular formula is C21H19FN4O3. The van der Waals surface area contributed by atoms with Gasteiger partial charge in [0, 0.05) is 5.69 Å². The zero-order chi connectivity index (χ0) is 20.5. The number of ether oxygens (including phenoxy) is 1. The third-order valence-electron chi connectivity index (χ3n) is 5.02. The second-order valence-electron chi connectivity index (χ2n) is 6.76. The van der Waals surface area contributed by atoms with Gasteiger partial charge in [0.15, 0.2) is 5.78 Å². The van der Waals surface area contributed by atoms with Crippen molar-refractivity contribution in [2.45, 2.75) is 25.8 Å². The van der Waals surface area contributed by atoms with E-state index in [4.69, 9.17) is 4.74 Å². The summed E-state index contributed by atoms with van der Waals surface area (Å²) in [6.07, 6.45) is 0. The summed E-state index contributed by atoms with van der Waals surface area (Å²) < 4.78 is 18.6. The Bertz CT molecular complexity index is 1080. The van der Waals surface area contributed by atoms with E-state index in [0.717, 1.165) is 5.56 Å². The second kappa shape index (κ2) is 7.46. The fourth-order valence-corrected chi connectivity index (χ4v) is 3.69. The molecule has 8 heteroatoms. The molecule has 4 rings (SSSR count). The zero-order valence-electron chi connectivity index (χ0n) is 15.9. The van der Waals surface area contributed by atoms with Gasteiger partial charge in [-0.3, -0.25) is 4.79 Å². The van der Waals surface area contributed by atoms with Crippen molar-refractivity contribution < 1.29 is 18.7 Å². The molecule has 7 nitrogen and oxygen atoms in total. The van der Waals surface area contributed by atoms with Crippen LogP contribution in [0.3, 0.4) is 0 Å². The van der Waals surface area contributed by atoms with Crippen LogP contribution in [0.2, 0.25) is 0 Å². The summed E-state index contributed by atoms with van der Waals surface area (Å²) in [5.41, 5.74) is 2.75. The van der Waals surface area contributed by atoms with Crippen LogP contribution >= 0.6 is 0 Å². The number of ketones is 1. The van der Waals surface area contributed by atoms with Gasteiger partial charge < -0.3 is 10.1 Å². The molecule has 0 amide bonds. The number of Topliss-reactive ketones (excluding diaryl/α,β-unsaturated/α-hetero) is 1. The highest BCUT2D eigenvalue weighted by atomic mass is 19.1. The molecule has 2 heterocycles. The Morgan fingerprint density at radius 2 is 1.93 bits per heavy atom. The summed E-state index contributed by atoms with van der Waals surface area (Å²) in [4.78, 5) is 26.1. The maximum atomic E-state index is 13.6. The minimum atomic E-state index is -0.748. The molecule has 1 aliphatic rings. The lowest BCUT2D eigenvalue weighted by molar-refractivity contribution is 0.0522. The lowest BCUT2D eigenvalue weighted by atomic mass is 9.78. The summed E-state index contributed by atoms with van der Waals surface area (Å²) >= 11 is 0. The number of H-pyrrole nitrogens is 1. The number of aromatic nitrogens is 3. The maximum absolute atomic E-state index is 13.6. The molecule has 29 heavy (non-hydrogen) atoms. The third-order valence-corrected chi connectivity index (χ3v) is 5.02. The lowest BCUT2D eigenvalue weighted by Gasteiger charge is -2.34. The lowest BCUT2D eigenvalue weighted by Crippen LogP contribution is -2.34. The van der Waals surface area contributed by atoms with Gasteiger partial charge in [0.1, 0.15) is 5.82 Å². The van der Waals surface area contributed by atoms with Crippen LogP contribution in [0.15, 0.2) is 42.5 Å². The van der Waals surface area contributed by atoms with Gasteiger partial charge >= 0.3 is 5.97 Å². The van der Waals surface area contributed by atoms with Gasteiger partial charge in [0.05, 0.1) is 41.1 Å². The number of hydrogen-bond acceptors (Lipinski definition) is 6. The first-order chi connectivity index (χ1) is 14.0. The molecule has 2 unspecified atom stereocenters. The van der Waals surface area contributed by atoms with Crippen molar-refractivity contribution in [3.63, 3.8) is 0 Å². The smallest absolute Gasteiger partial charge is 0.338 e. The fourth-order valence-electron chi connectivity index (χ4n) is 3.69. The van der Waals surface area contributed by atoms with Gasteiger partial charge in [-0.25, -0.2) is 9.18 Å². The van der Waals surface area contributed by atoms with E-state index >= 15 is 0 Å². The van der Waals surface area contributed by atoms with Gasteiger partial charge in [0.2, 0.25) is 0 Å². The standard InChI is InChI=1S/C21H19FN4O3/c1-3-29-21(28)14-5-4-6-15-16(14)20(27)17(18-11(2)24-26-25-18)19(23-15)12-7-9-13(22)10-8-12/h4-10,17,19,23H,3H2,1-2H3,(H,24,25,26). The molecular weight excluding hydrogens is 375 g/mol. The minimum Gasteiger partial charge on any atom is -0.462 e. The number of esters is 1. The number of anilines is 1. The van der Waals surface area contributed by atoms with Gasteiger partial charge in [-0.1, -0.05) is 18.2 Å². The Morgan fingerprint density at radius 1 is 1.17 bits per heavy atom. The van der Waals surface area contributed by atoms with Crippen LogP contribution in [0.5, 0.6) is 0 Å². The van der Waals surface area contributed by atoms with Gasteiger partial charge in [-0.15, -0.1) is 0 Å². The van der Waals surface area contributed by atoms with E-state index in [9.17, 15) is 14.0 Å². The van der Waals surface area contributed by atoms with E-state index in [1.165, 1.54) is 12.1 Å². The molecule has 0 radical (unpaired) electrons. The molecule has 0 saturated heterocycles. The molecule has 0 aliphatic carbocycles. The van der Waals surface area contributed by atoms with E-state index in [1.807, 2.05) is 0 Å². The molecule has 2 atom stereocenters. The first-order valence-corrected chi connectivity index (χ1v) is 9.24. The molecule has 1 aromatic heterocycles. The number of hydrogen-bond donors (Lipinski definition) is 2. The summed E-state index contributed by atoms with van der Waals surface area (Å²) in [6, 6.07) is 10.4. The highest BCUT2D eigenvalue weighted by Gasteiger charge is 2.41. The average molecular weight is 394 g/mol. The van der Waals surface area contributed by atoms with Crippen molar-refractivity contribution in [3.8, 4) is 0 Å². The van der Waals surface area contributed by atoms with E-state index < -0.39 is 17.9 Å². The van der Waals surface area contributed by atoms with Gasteiger partial charge in [-0.2, -0.15) is 15.4 Å². The van der Waals surface area contributed by atoms with Crippen molar-refractivity contribution in [3.05, 3.63) is 76.4 Å². The summed E-state index contributed by atoms with van der Waals surface area (Å²) in [6.45, 7) is 3.66. The number of carbonyl (C=O) groups excluding carboxylic acids is 2. The number of nitrogens with zero attached hydrogens (tertiary/aromatic N) is 2.